The molecule has 0 aromatic heterocycles. The van der Waals surface area contributed by atoms with Gasteiger partial charge in [-0.2, -0.15) is 0 Å². The lowest BCUT2D eigenvalue weighted by atomic mass is 10.0. The summed E-state index contributed by atoms with van der Waals surface area (Å²) >= 11 is 0. The summed E-state index contributed by atoms with van der Waals surface area (Å²) in [5.74, 6) is -1.83. The number of hydrogen-bond acceptors (Lipinski definition) is 6. The number of ether oxygens (including phenoxy) is 1. The molecule has 0 saturated carbocycles. The Hall–Kier alpha value is -4.08. The van der Waals surface area contributed by atoms with E-state index in [4.69, 9.17) is 10.5 Å². The molecule has 2 aromatic carbocycles. The molecule has 0 aliphatic heterocycles. The minimum Gasteiger partial charge on any atom is -0.508 e. The second-order valence-electron chi connectivity index (χ2n) is 10.1. The maximum absolute atomic E-state index is 13.8. The standard InChI is InChI=1S/C28H38N4O6/c1-7-32(26(36)21(14-15-22(29)34)30-27(37)38-28(4,5)6)24(19-12-9-13-20(33)16-19)25(35)31-23-17(2)10-8-11-18(23)3/h8-13,16,21,24,33H,7,14-15H2,1-6H3,(H2,29,34)(H,30,37)(H,31,35). The van der Waals surface area contributed by atoms with Crippen LogP contribution < -0.4 is 16.4 Å². The largest absolute Gasteiger partial charge is 0.508 e. The first-order chi connectivity index (χ1) is 17.7. The fraction of sp³-hybridized carbons (Fsp3) is 0.429. The molecule has 4 amide bonds. The van der Waals surface area contributed by atoms with Crippen molar-refractivity contribution in [2.45, 2.75) is 72.1 Å². The number of alkyl carbamates (subject to hydrolysis) is 1. The molecule has 10 heteroatoms. The average Bonchev–Trinajstić information content (AvgIpc) is 2.80. The van der Waals surface area contributed by atoms with E-state index in [2.05, 4.69) is 10.6 Å². The van der Waals surface area contributed by atoms with Gasteiger partial charge >= 0.3 is 6.09 Å². The fourth-order valence-corrected chi connectivity index (χ4v) is 4.03. The SMILES string of the molecule is CCN(C(=O)C(CCC(N)=O)NC(=O)OC(C)(C)C)C(C(=O)Nc1c(C)cccc1C)c1cccc(O)c1. The molecule has 2 aromatic rings. The van der Waals surface area contributed by atoms with Crippen LogP contribution in [0.4, 0.5) is 10.5 Å². The smallest absolute Gasteiger partial charge is 0.408 e. The molecule has 2 atom stereocenters. The molecule has 2 unspecified atom stereocenters. The lowest BCUT2D eigenvalue weighted by Crippen LogP contribution is -2.52. The van der Waals surface area contributed by atoms with Crippen molar-refractivity contribution in [3.8, 4) is 5.75 Å². The van der Waals surface area contributed by atoms with Crippen LogP contribution in [0, 0.1) is 13.8 Å². The van der Waals surface area contributed by atoms with Crippen LogP contribution in [0.25, 0.3) is 0 Å². The van der Waals surface area contributed by atoms with Crippen LogP contribution in [0.15, 0.2) is 42.5 Å². The van der Waals surface area contributed by atoms with E-state index in [0.29, 0.717) is 11.3 Å². The number of phenols is 1. The van der Waals surface area contributed by atoms with E-state index >= 15 is 0 Å². The van der Waals surface area contributed by atoms with Crippen LogP contribution in [0.5, 0.6) is 5.75 Å². The number of amides is 4. The Bertz CT molecular complexity index is 1150. The Morgan fingerprint density at radius 2 is 1.66 bits per heavy atom. The number of phenolic OH excluding ortho intramolecular Hbond substituents is 1. The summed E-state index contributed by atoms with van der Waals surface area (Å²) in [7, 11) is 0. The van der Waals surface area contributed by atoms with Gasteiger partial charge in [-0.3, -0.25) is 14.4 Å². The second kappa shape index (κ2) is 12.9. The number of benzene rings is 2. The highest BCUT2D eigenvalue weighted by atomic mass is 16.6. The molecule has 0 radical (unpaired) electrons. The Kier molecular flexibility index (Phi) is 10.3. The number of hydrogen-bond donors (Lipinski definition) is 4. The highest BCUT2D eigenvalue weighted by Gasteiger charge is 2.36. The van der Waals surface area contributed by atoms with Crippen LogP contribution in [0.2, 0.25) is 0 Å². The van der Waals surface area contributed by atoms with Crippen molar-refractivity contribution in [2.75, 3.05) is 11.9 Å². The van der Waals surface area contributed by atoms with Gasteiger partial charge in [0, 0.05) is 18.7 Å². The highest BCUT2D eigenvalue weighted by molar-refractivity contribution is 6.00. The predicted molar refractivity (Wildman–Crippen MR) is 144 cm³/mol. The third kappa shape index (κ3) is 8.50. The van der Waals surface area contributed by atoms with Gasteiger partial charge in [0.1, 0.15) is 23.4 Å². The maximum atomic E-state index is 13.8. The minimum atomic E-state index is -1.19. The van der Waals surface area contributed by atoms with Crippen LogP contribution in [0.3, 0.4) is 0 Å². The van der Waals surface area contributed by atoms with Crippen LogP contribution in [0.1, 0.15) is 63.3 Å². The van der Waals surface area contributed by atoms with Crippen molar-refractivity contribution in [3.63, 3.8) is 0 Å². The lowest BCUT2D eigenvalue weighted by Gasteiger charge is -2.34. The first-order valence-corrected chi connectivity index (χ1v) is 12.5. The summed E-state index contributed by atoms with van der Waals surface area (Å²) in [5.41, 5.74) is 7.16. The summed E-state index contributed by atoms with van der Waals surface area (Å²) in [6.07, 6.45) is -1.10. The molecular formula is C28H38N4O6. The monoisotopic (exact) mass is 526 g/mol. The molecule has 0 spiro atoms. The van der Waals surface area contributed by atoms with E-state index in [1.165, 1.54) is 17.0 Å². The number of nitrogens with zero attached hydrogens (tertiary/aromatic N) is 1. The quantitative estimate of drug-likeness (QED) is 0.371. The number of primary amides is 1. The van der Waals surface area contributed by atoms with Crippen molar-refractivity contribution in [3.05, 3.63) is 59.2 Å². The Balaban J connectivity index is 2.50. The predicted octanol–water partition coefficient (Wildman–Crippen LogP) is 3.70. The second-order valence-corrected chi connectivity index (χ2v) is 10.1. The number of aromatic hydroxyl groups is 1. The molecule has 5 N–H and O–H groups in total. The molecule has 0 heterocycles. The maximum Gasteiger partial charge on any atom is 0.408 e. The highest BCUT2D eigenvalue weighted by Crippen LogP contribution is 2.28. The molecule has 38 heavy (non-hydrogen) atoms. The van der Waals surface area contributed by atoms with Crippen molar-refractivity contribution in [1.29, 1.82) is 0 Å². The van der Waals surface area contributed by atoms with Gasteiger partial charge in [0.25, 0.3) is 5.91 Å². The van der Waals surface area contributed by atoms with E-state index in [1.54, 1.807) is 39.8 Å². The van der Waals surface area contributed by atoms with Gasteiger partial charge in [0.15, 0.2) is 0 Å². The molecule has 206 valence electrons. The third-order valence-electron chi connectivity index (χ3n) is 5.77. The molecule has 0 saturated heterocycles. The Morgan fingerprint density at radius 3 is 2.18 bits per heavy atom. The zero-order chi connectivity index (χ0) is 28.6. The summed E-state index contributed by atoms with van der Waals surface area (Å²) in [5, 5.41) is 15.6. The Labute approximate surface area is 223 Å². The van der Waals surface area contributed by atoms with Crippen molar-refractivity contribution in [2.24, 2.45) is 5.73 Å². The summed E-state index contributed by atoms with van der Waals surface area (Å²) < 4.78 is 5.30. The van der Waals surface area contributed by atoms with Crippen molar-refractivity contribution in [1.82, 2.24) is 10.2 Å². The number of likely N-dealkylation sites (N-methyl/N-ethyl adjacent to an activating group) is 1. The molecule has 0 fully saturated rings. The normalized spacial score (nSPS) is 12.7. The van der Waals surface area contributed by atoms with Crippen LogP contribution >= 0.6 is 0 Å². The zero-order valence-corrected chi connectivity index (χ0v) is 22.8. The number of nitrogens with two attached hydrogens (primary N) is 1. The first kappa shape index (κ1) is 30.1. The fourth-order valence-electron chi connectivity index (χ4n) is 4.03. The average molecular weight is 527 g/mol. The number of carbonyl (C=O) groups is 4. The number of nitrogens with one attached hydrogen (secondary N) is 2. The summed E-state index contributed by atoms with van der Waals surface area (Å²) in [6.45, 7) is 10.5. The Morgan fingerprint density at radius 1 is 1.05 bits per heavy atom. The van der Waals surface area contributed by atoms with Gasteiger partial charge in [-0.1, -0.05) is 30.3 Å². The lowest BCUT2D eigenvalue weighted by molar-refractivity contribution is -0.140. The van der Waals surface area contributed by atoms with Gasteiger partial charge in [0.2, 0.25) is 11.8 Å². The van der Waals surface area contributed by atoms with E-state index in [0.717, 1.165) is 11.1 Å². The van der Waals surface area contributed by atoms with Gasteiger partial charge in [-0.25, -0.2) is 4.79 Å². The van der Waals surface area contributed by atoms with E-state index in [-0.39, 0.29) is 25.1 Å². The number of anilines is 1. The summed E-state index contributed by atoms with van der Waals surface area (Å²) in [4.78, 5) is 52.9. The van der Waals surface area contributed by atoms with Gasteiger partial charge in [-0.15, -0.1) is 0 Å². The first-order valence-electron chi connectivity index (χ1n) is 12.5. The molecule has 2 rings (SSSR count). The topological polar surface area (TPSA) is 151 Å². The van der Waals surface area contributed by atoms with Crippen LogP contribution in [-0.4, -0.2) is 52.0 Å². The number of aryl methyl sites for hydroxylation is 2. The van der Waals surface area contributed by atoms with E-state index in [1.807, 2.05) is 32.0 Å². The van der Waals surface area contributed by atoms with E-state index in [9.17, 15) is 24.3 Å². The number of para-hydroxylation sites is 1. The minimum absolute atomic E-state index is 0.0759. The molecule has 10 nitrogen and oxygen atoms in total. The van der Waals surface area contributed by atoms with Gasteiger partial charge in [0.05, 0.1) is 0 Å². The van der Waals surface area contributed by atoms with Crippen molar-refractivity contribution < 1.29 is 29.0 Å². The van der Waals surface area contributed by atoms with E-state index < -0.39 is 41.5 Å². The molecule has 0 aliphatic rings. The van der Waals surface area contributed by atoms with Crippen LogP contribution in [-0.2, 0) is 19.1 Å². The summed E-state index contributed by atoms with van der Waals surface area (Å²) in [6, 6.07) is 9.32. The number of carbonyl (C=O) groups excluding carboxylic acids is 4. The third-order valence-corrected chi connectivity index (χ3v) is 5.77. The number of rotatable bonds is 10. The molecule has 0 bridgehead atoms. The molecular weight excluding hydrogens is 488 g/mol. The van der Waals surface area contributed by atoms with Crippen molar-refractivity contribution >= 4 is 29.5 Å². The zero-order valence-electron chi connectivity index (χ0n) is 22.8. The van der Waals surface area contributed by atoms with Gasteiger partial charge < -0.3 is 31.1 Å². The molecule has 0 aliphatic carbocycles. The van der Waals surface area contributed by atoms with Gasteiger partial charge in [-0.05, 0) is 76.8 Å².